The number of hydrogen-bond donors (Lipinski definition) is 2. The highest BCUT2D eigenvalue weighted by molar-refractivity contribution is 7.14. The second-order valence-electron chi connectivity index (χ2n) is 6.71. The molecule has 2 aromatic carbocycles. The zero-order valence-corrected chi connectivity index (χ0v) is 16.9. The molecule has 1 amide bonds. The van der Waals surface area contributed by atoms with Crippen LogP contribution in [0.4, 0.5) is 5.69 Å². The number of carbonyl (C=O) groups excluding carboxylic acids is 1. The van der Waals surface area contributed by atoms with Crippen molar-refractivity contribution in [2.75, 3.05) is 5.32 Å². The highest BCUT2D eigenvalue weighted by atomic mass is 35.5. The quantitative estimate of drug-likeness (QED) is 0.513. The van der Waals surface area contributed by atoms with Gasteiger partial charge in [-0.2, -0.15) is 0 Å². The Morgan fingerprint density at radius 1 is 0.964 bits per heavy atom. The zero-order valence-electron chi connectivity index (χ0n) is 14.5. The van der Waals surface area contributed by atoms with Crippen LogP contribution in [0, 0.1) is 0 Å². The Balaban J connectivity index is 1.65. The summed E-state index contributed by atoms with van der Waals surface area (Å²) < 4.78 is 0. The van der Waals surface area contributed by atoms with Crippen molar-refractivity contribution in [3.8, 4) is 10.4 Å². The molecule has 1 aromatic heterocycles. The number of halogens is 2. The molecule has 1 fully saturated rings. The van der Waals surface area contributed by atoms with E-state index in [1.807, 2.05) is 12.1 Å². The van der Waals surface area contributed by atoms with Gasteiger partial charge in [-0.25, -0.2) is 4.79 Å². The number of aromatic carboxylic acids is 1. The number of hydrogen-bond acceptors (Lipinski definition) is 3. The van der Waals surface area contributed by atoms with Gasteiger partial charge in [0, 0.05) is 15.4 Å². The highest BCUT2D eigenvalue weighted by Crippen LogP contribution is 2.49. The standard InChI is InChI=1S/C21H15Cl2NO3S/c22-14-5-1-12(2-6-14)18-17(19(25)26)16(11-28-18)24-20(27)21(9-10-21)13-3-7-15(23)8-4-13/h1-8,11H,9-10H2,(H,24,27)(H,25,26). The molecule has 28 heavy (non-hydrogen) atoms. The predicted octanol–water partition coefficient (Wildman–Crippen LogP) is 6.09. The van der Waals surface area contributed by atoms with Crippen molar-refractivity contribution in [3.63, 3.8) is 0 Å². The summed E-state index contributed by atoms with van der Waals surface area (Å²) in [5, 5.41) is 15.4. The molecule has 1 aliphatic rings. The summed E-state index contributed by atoms with van der Waals surface area (Å²) in [5.41, 5.74) is 1.41. The van der Waals surface area contributed by atoms with E-state index in [9.17, 15) is 14.7 Å². The Bertz CT molecular complexity index is 1050. The molecular formula is C21H15Cl2NO3S. The molecule has 0 aliphatic heterocycles. The van der Waals surface area contributed by atoms with Gasteiger partial charge in [0.1, 0.15) is 5.56 Å². The third-order valence-electron chi connectivity index (χ3n) is 4.94. The van der Waals surface area contributed by atoms with Gasteiger partial charge in [0.15, 0.2) is 0 Å². The Hall–Kier alpha value is -2.34. The van der Waals surface area contributed by atoms with E-state index in [-0.39, 0.29) is 11.5 Å². The molecule has 142 valence electrons. The Morgan fingerprint density at radius 2 is 1.54 bits per heavy atom. The third kappa shape index (κ3) is 3.41. The molecular weight excluding hydrogens is 417 g/mol. The van der Waals surface area contributed by atoms with Gasteiger partial charge in [-0.1, -0.05) is 47.5 Å². The van der Waals surface area contributed by atoms with Crippen LogP contribution in [0.1, 0.15) is 28.8 Å². The van der Waals surface area contributed by atoms with Gasteiger partial charge in [0.2, 0.25) is 5.91 Å². The van der Waals surface area contributed by atoms with E-state index < -0.39 is 11.4 Å². The first-order valence-corrected chi connectivity index (χ1v) is 10.2. The van der Waals surface area contributed by atoms with Crippen LogP contribution < -0.4 is 5.32 Å². The maximum atomic E-state index is 13.0. The fraction of sp³-hybridized carbons (Fsp3) is 0.143. The van der Waals surface area contributed by atoms with Crippen molar-refractivity contribution in [1.82, 2.24) is 0 Å². The summed E-state index contributed by atoms with van der Waals surface area (Å²) in [7, 11) is 0. The average molecular weight is 432 g/mol. The number of amides is 1. The Kier molecular flexibility index (Phi) is 4.91. The SMILES string of the molecule is O=C(O)c1c(NC(=O)C2(c3ccc(Cl)cc3)CC2)csc1-c1ccc(Cl)cc1. The molecule has 0 atom stereocenters. The van der Waals surface area contributed by atoms with Gasteiger partial charge < -0.3 is 10.4 Å². The van der Waals surface area contributed by atoms with E-state index in [0.29, 0.717) is 20.6 Å². The first-order chi connectivity index (χ1) is 13.4. The lowest BCUT2D eigenvalue weighted by atomic mass is 9.95. The van der Waals surface area contributed by atoms with Crippen molar-refractivity contribution in [2.24, 2.45) is 0 Å². The van der Waals surface area contributed by atoms with Gasteiger partial charge in [0.05, 0.1) is 16.0 Å². The number of thiophene rings is 1. The van der Waals surface area contributed by atoms with Crippen LogP contribution in [0.2, 0.25) is 10.0 Å². The van der Waals surface area contributed by atoms with Crippen LogP contribution in [0.3, 0.4) is 0 Å². The topological polar surface area (TPSA) is 66.4 Å². The normalized spacial score (nSPS) is 14.5. The monoisotopic (exact) mass is 431 g/mol. The van der Waals surface area contributed by atoms with Gasteiger partial charge in [0.25, 0.3) is 0 Å². The summed E-state index contributed by atoms with van der Waals surface area (Å²) in [5.74, 6) is -1.28. The molecule has 0 bridgehead atoms. The molecule has 2 N–H and O–H groups in total. The lowest BCUT2D eigenvalue weighted by Crippen LogP contribution is -2.28. The van der Waals surface area contributed by atoms with Crippen LogP contribution in [-0.2, 0) is 10.2 Å². The third-order valence-corrected chi connectivity index (χ3v) is 6.47. The molecule has 4 nitrogen and oxygen atoms in total. The number of anilines is 1. The second kappa shape index (κ2) is 7.24. The second-order valence-corrected chi connectivity index (χ2v) is 8.46. The molecule has 1 heterocycles. The van der Waals surface area contributed by atoms with E-state index in [0.717, 1.165) is 24.0 Å². The fourth-order valence-electron chi connectivity index (χ4n) is 3.26. The van der Waals surface area contributed by atoms with E-state index in [4.69, 9.17) is 23.2 Å². The summed E-state index contributed by atoms with van der Waals surface area (Å²) in [4.78, 5) is 25.5. The lowest BCUT2D eigenvalue weighted by Gasteiger charge is -2.16. The van der Waals surface area contributed by atoms with Crippen molar-refractivity contribution in [2.45, 2.75) is 18.3 Å². The van der Waals surface area contributed by atoms with Crippen molar-refractivity contribution in [3.05, 3.63) is 75.1 Å². The van der Waals surface area contributed by atoms with E-state index in [2.05, 4.69) is 5.32 Å². The van der Waals surface area contributed by atoms with Crippen LogP contribution >= 0.6 is 34.5 Å². The molecule has 0 saturated heterocycles. The smallest absolute Gasteiger partial charge is 0.339 e. The molecule has 0 spiro atoms. The number of carboxylic acids is 1. The summed E-state index contributed by atoms with van der Waals surface area (Å²) in [6.45, 7) is 0. The largest absolute Gasteiger partial charge is 0.478 e. The maximum absolute atomic E-state index is 13.0. The number of benzene rings is 2. The number of carbonyl (C=O) groups is 2. The minimum absolute atomic E-state index is 0.0904. The summed E-state index contributed by atoms with van der Waals surface area (Å²) >= 11 is 13.1. The van der Waals surface area contributed by atoms with Crippen LogP contribution in [0.5, 0.6) is 0 Å². The van der Waals surface area contributed by atoms with Crippen LogP contribution in [-0.4, -0.2) is 17.0 Å². The molecule has 1 aliphatic carbocycles. The predicted molar refractivity (Wildman–Crippen MR) is 113 cm³/mol. The minimum atomic E-state index is -1.09. The minimum Gasteiger partial charge on any atom is -0.478 e. The van der Waals surface area contributed by atoms with Gasteiger partial charge >= 0.3 is 5.97 Å². The van der Waals surface area contributed by atoms with Gasteiger partial charge in [-0.15, -0.1) is 11.3 Å². The van der Waals surface area contributed by atoms with E-state index >= 15 is 0 Å². The molecule has 1 saturated carbocycles. The molecule has 3 aromatic rings. The van der Waals surface area contributed by atoms with Crippen LogP contribution in [0.15, 0.2) is 53.9 Å². The summed E-state index contributed by atoms with van der Waals surface area (Å²) in [6, 6.07) is 14.2. The highest BCUT2D eigenvalue weighted by Gasteiger charge is 2.51. The van der Waals surface area contributed by atoms with Crippen molar-refractivity contribution < 1.29 is 14.7 Å². The van der Waals surface area contributed by atoms with Gasteiger partial charge in [-0.05, 0) is 48.2 Å². The average Bonchev–Trinajstić information content (AvgIpc) is 3.38. The van der Waals surface area contributed by atoms with Gasteiger partial charge in [-0.3, -0.25) is 4.79 Å². The number of nitrogens with one attached hydrogen (secondary N) is 1. The molecule has 0 unspecified atom stereocenters. The Morgan fingerprint density at radius 3 is 2.07 bits per heavy atom. The Labute approximate surface area is 175 Å². The van der Waals surface area contributed by atoms with Crippen LogP contribution in [0.25, 0.3) is 10.4 Å². The maximum Gasteiger partial charge on any atom is 0.339 e. The molecule has 7 heteroatoms. The fourth-order valence-corrected chi connectivity index (χ4v) is 4.51. The van der Waals surface area contributed by atoms with E-state index in [1.165, 1.54) is 11.3 Å². The molecule has 4 rings (SSSR count). The number of carboxylic acid groups (broad SMARTS) is 1. The van der Waals surface area contributed by atoms with E-state index in [1.54, 1.807) is 41.8 Å². The number of rotatable bonds is 5. The summed E-state index contributed by atoms with van der Waals surface area (Å²) in [6.07, 6.45) is 1.44. The molecule has 0 radical (unpaired) electrons. The first kappa shape index (κ1) is 19.0. The lowest BCUT2D eigenvalue weighted by molar-refractivity contribution is -0.118. The zero-order chi connectivity index (χ0) is 19.9. The van der Waals surface area contributed by atoms with Crippen molar-refractivity contribution in [1.29, 1.82) is 0 Å². The van der Waals surface area contributed by atoms with Crippen molar-refractivity contribution >= 4 is 52.1 Å². The first-order valence-electron chi connectivity index (χ1n) is 8.59.